The molecule has 2 aromatic carbocycles. The molecule has 3 heterocycles. The molecule has 0 bridgehead atoms. The zero-order valence-corrected chi connectivity index (χ0v) is 16.7. The van der Waals surface area contributed by atoms with Crippen molar-refractivity contribution in [2.75, 3.05) is 0 Å². The van der Waals surface area contributed by atoms with E-state index in [0.29, 0.717) is 35.7 Å². The summed E-state index contributed by atoms with van der Waals surface area (Å²) < 4.78 is 1.88. The van der Waals surface area contributed by atoms with Crippen LogP contribution in [0.3, 0.4) is 0 Å². The average Bonchev–Trinajstić information content (AvgIpc) is 3.32. The van der Waals surface area contributed by atoms with Gasteiger partial charge in [0.05, 0.1) is 11.0 Å². The third kappa shape index (κ3) is 2.44. The van der Waals surface area contributed by atoms with E-state index in [1.165, 1.54) is 17.5 Å². The molecule has 2 aromatic heterocycles. The van der Waals surface area contributed by atoms with Crippen LogP contribution in [-0.4, -0.2) is 30.4 Å². The van der Waals surface area contributed by atoms with Crippen LogP contribution in [0.5, 0.6) is 0 Å². The van der Waals surface area contributed by atoms with Gasteiger partial charge in [-0.15, -0.1) is 10.2 Å². The molecule has 1 aliphatic heterocycles. The lowest BCUT2D eigenvalue weighted by Gasteiger charge is -2.23. The number of nitrogens with zero attached hydrogens (tertiary/aromatic N) is 4. The maximum absolute atomic E-state index is 13.3. The molecule has 7 heteroatoms. The third-order valence-electron chi connectivity index (χ3n) is 6.55. The lowest BCUT2D eigenvalue weighted by molar-refractivity contribution is 0.0751. The molecule has 1 fully saturated rings. The van der Waals surface area contributed by atoms with Gasteiger partial charge >= 0.3 is 0 Å². The molecule has 30 heavy (non-hydrogen) atoms. The van der Waals surface area contributed by atoms with Crippen LogP contribution in [-0.2, 0) is 13.1 Å². The molecule has 0 atom stereocenters. The molecule has 6 rings (SSSR count). The van der Waals surface area contributed by atoms with Crippen molar-refractivity contribution < 1.29 is 4.79 Å². The lowest BCUT2D eigenvalue weighted by Crippen LogP contribution is -2.26. The Morgan fingerprint density at radius 1 is 1.10 bits per heavy atom. The topological polar surface area (TPSA) is 83.4 Å². The zero-order valence-electron chi connectivity index (χ0n) is 16.7. The van der Waals surface area contributed by atoms with Crippen LogP contribution < -0.4 is 5.56 Å². The summed E-state index contributed by atoms with van der Waals surface area (Å²) in [4.78, 5) is 30.7. The van der Waals surface area contributed by atoms with Crippen molar-refractivity contribution in [3.8, 4) is 0 Å². The Morgan fingerprint density at radius 2 is 1.83 bits per heavy atom. The monoisotopic (exact) mass is 399 g/mol. The van der Waals surface area contributed by atoms with Crippen LogP contribution in [0.1, 0.15) is 58.1 Å². The van der Waals surface area contributed by atoms with Crippen molar-refractivity contribution in [1.29, 1.82) is 0 Å². The van der Waals surface area contributed by atoms with Gasteiger partial charge in [0, 0.05) is 24.6 Å². The number of hydrogen-bond donors (Lipinski definition) is 1. The number of nitrogens with one attached hydrogen (secondary N) is 1. The summed E-state index contributed by atoms with van der Waals surface area (Å²) in [6.07, 6.45) is 3.32. The maximum Gasteiger partial charge on any atom is 0.294 e. The largest absolute Gasteiger partial charge is 0.330 e. The molecule has 0 unspecified atom stereocenters. The van der Waals surface area contributed by atoms with Gasteiger partial charge in [-0.2, -0.15) is 0 Å². The van der Waals surface area contributed by atoms with Gasteiger partial charge in [0.1, 0.15) is 5.82 Å². The minimum absolute atomic E-state index is 0.0190. The normalized spacial score (nSPS) is 16.2. The number of carbonyl (C=O) groups excluding carboxylic acids is 1. The Hall–Kier alpha value is -3.48. The second-order valence-corrected chi connectivity index (χ2v) is 8.41. The van der Waals surface area contributed by atoms with E-state index in [9.17, 15) is 9.59 Å². The molecule has 2 aliphatic rings. The van der Waals surface area contributed by atoms with Crippen molar-refractivity contribution in [3.05, 3.63) is 74.8 Å². The van der Waals surface area contributed by atoms with Gasteiger partial charge in [-0.25, -0.2) is 0 Å². The summed E-state index contributed by atoms with van der Waals surface area (Å²) in [6, 6.07) is 11.9. The third-order valence-corrected chi connectivity index (χ3v) is 6.55. The van der Waals surface area contributed by atoms with Gasteiger partial charge in [-0.3, -0.25) is 14.0 Å². The summed E-state index contributed by atoms with van der Waals surface area (Å²) in [7, 11) is 0. The van der Waals surface area contributed by atoms with E-state index in [-0.39, 0.29) is 11.5 Å². The molecule has 1 amide bonds. The molecule has 1 N–H and O–H groups in total. The number of rotatable bonds is 2. The number of aromatic nitrogens is 4. The summed E-state index contributed by atoms with van der Waals surface area (Å²) >= 11 is 0. The first-order chi connectivity index (χ1) is 14.6. The highest BCUT2D eigenvalue weighted by molar-refractivity contribution is 5.99. The highest BCUT2D eigenvalue weighted by Crippen LogP contribution is 2.36. The molecule has 0 saturated heterocycles. The predicted molar refractivity (Wildman–Crippen MR) is 112 cm³/mol. The molecular formula is C23H21N5O2. The Bertz CT molecular complexity index is 1370. The number of carbonyl (C=O) groups is 1. The van der Waals surface area contributed by atoms with Crippen LogP contribution in [0, 0.1) is 6.92 Å². The summed E-state index contributed by atoms with van der Waals surface area (Å²) in [5.74, 6) is 1.17. The minimum atomic E-state index is -0.281. The first-order valence-electron chi connectivity index (χ1n) is 10.4. The van der Waals surface area contributed by atoms with Crippen molar-refractivity contribution in [3.63, 3.8) is 0 Å². The Labute approximate surface area is 172 Å². The van der Waals surface area contributed by atoms with Gasteiger partial charge in [0.25, 0.3) is 11.5 Å². The number of H-pyrrole nitrogens is 1. The van der Waals surface area contributed by atoms with E-state index in [1.54, 1.807) is 6.07 Å². The van der Waals surface area contributed by atoms with Crippen LogP contribution in [0.4, 0.5) is 0 Å². The number of hydrogen-bond acceptors (Lipinski definition) is 4. The maximum atomic E-state index is 13.3. The molecule has 150 valence electrons. The number of benzene rings is 2. The smallest absolute Gasteiger partial charge is 0.294 e. The van der Waals surface area contributed by atoms with E-state index < -0.39 is 0 Å². The van der Waals surface area contributed by atoms with Gasteiger partial charge in [-0.1, -0.05) is 30.7 Å². The Morgan fingerprint density at radius 3 is 2.50 bits per heavy atom. The highest BCUT2D eigenvalue weighted by Gasteiger charge is 2.28. The molecule has 1 saturated carbocycles. The van der Waals surface area contributed by atoms with Crippen LogP contribution in [0.2, 0.25) is 0 Å². The Kier molecular flexibility index (Phi) is 3.63. The first kappa shape index (κ1) is 17.4. The fourth-order valence-electron chi connectivity index (χ4n) is 4.65. The van der Waals surface area contributed by atoms with Crippen molar-refractivity contribution in [1.82, 2.24) is 24.5 Å². The van der Waals surface area contributed by atoms with Crippen LogP contribution in [0.15, 0.2) is 41.2 Å². The van der Waals surface area contributed by atoms with E-state index in [0.717, 1.165) is 29.7 Å². The molecule has 1 aliphatic carbocycles. The zero-order chi connectivity index (χ0) is 20.4. The van der Waals surface area contributed by atoms with Gasteiger partial charge in [-0.05, 0) is 48.6 Å². The van der Waals surface area contributed by atoms with Gasteiger partial charge in [0.15, 0.2) is 0 Å². The molecule has 0 radical (unpaired) electrons. The quantitative estimate of drug-likeness (QED) is 0.561. The second-order valence-electron chi connectivity index (χ2n) is 8.41. The van der Waals surface area contributed by atoms with E-state index in [4.69, 9.17) is 0 Å². The van der Waals surface area contributed by atoms with E-state index in [2.05, 4.69) is 27.3 Å². The summed E-state index contributed by atoms with van der Waals surface area (Å²) in [5.41, 5.74) is 5.39. The van der Waals surface area contributed by atoms with Crippen LogP contribution >= 0.6 is 0 Å². The molecule has 7 nitrogen and oxygen atoms in total. The number of aryl methyl sites for hydroxylation is 1. The predicted octanol–water partition coefficient (Wildman–Crippen LogP) is 3.30. The van der Waals surface area contributed by atoms with E-state index in [1.807, 2.05) is 34.4 Å². The summed E-state index contributed by atoms with van der Waals surface area (Å²) in [5, 5.41) is 8.46. The number of amides is 1. The molecular weight excluding hydrogens is 378 g/mol. The second kappa shape index (κ2) is 6.26. The lowest BCUT2D eigenvalue weighted by atomic mass is 9.85. The van der Waals surface area contributed by atoms with Crippen molar-refractivity contribution in [2.45, 2.75) is 45.2 Å². The SMILES string of the molecule is Cc1cc2c(cc1C(=O)N1Cc3ccccc3C1)[nH]c(=O)c1nnc(C3CCC3)n12. The standard InChI is InChI=1S/C23H21N5O2/c1-13-9-19-18(24-22(29)21-26-25-20(28(19)21)14-7-4-8-14)10-17(13)23(30)27-11-15-5-2-3-6-16(15)12-27/h2-3,5-6,9-10,14H,4,7-8,11-12H2,1H3,(H,24,29). The fourth-order valence-corrected chi connectivity index (χ4v) is 4.65. The number of fused-ring (bicyclic) bond motifs is 4. The van der Waals surface area contributed by atoms with Crippen molar-refractivity contribution in [2.24, 2.45) is 0 Å². The van der Waals surface area contributed by atoms with E-state index >= 15 is 0 Å². The van der Waals surface area contributed by atoms with Gasteiger partial charge in [0.2, 0.25) is 5.65 Å². The highest BCUT2D eigenvalue weighted by atomic mass is 16.2. The van der Waals surface area contributed by atoms with Crippen molar-refractivity contribution >= 4 is 22.6 Å². The minimum Gasteiger partial charge on any atom is -0.330 e. The molecule has 4 aromatic rings. The van der Waals surface area contributed by atoms with Gasteiger partial charge < -0.3 is 9.88 Å². The first-order valence-corrected chi connectivity index (χ1v) is 10.4. The van der Waals surface area contributed by atoms with Crippen LogP contribution in [0.25, 0.3) is 16.7 Å². The average molecular weight is 399 g/mol. The fraction of sp³-hybridized carbons (Fsp3) is 0.304. The Balaban J connectivity index is 1.47. The number of aromatic amines is 1. The molecule has 0 spiro atoms. The summed E-state index contributed by atoms with van der Waals surface area (Å²) in [6.45, 7) is 3.17.